The summed E-state index contributed by atoms with van der Waals surface area (Å²) >= 11 is 1.84. The molecule has 1 N–H and O–H groups in total. The Hall–Kier alpha value is -1.10. The maximum atomic E-state index is 5.68. The maximum Gasteiger partial charge on any atom is 0.129 e. The third-order valence-electron chi connectivity index (χ3n) is 2.84. The summed E-state index contributed by atoms with van der Waals surface area (Å²) in [6, 6.07) is 6.56. The molecule has 4 heteroatoms. The van der Waals surface area contributed by atoms with E-state index in [9.17, 15) is 0 Å². The lowest BCUT2D eigenvalue weighted by Gasteiger charge is -2.05. The SMILES string of the molecule is Cc1sc(CNC(C)C)cc1COCc1ccco1. The molecular formula is C15H21NO2S. The van der Waals surface area contributed by atoms with Crippen LogP contribution >= 0.6 is 11.3 Å². The van der Waals surface area contributed by atoms with Gasteiger partial charge in [-0.15, -0.1) is 11.3 Å². The van der Waals surface area contributed by atoms with Gasteiger partial charge in [-0.2, -0.15) is 0 Å². The van der Waals surface area contributed by atoms with Gasteiger partial charge in [0, 0.05) is 22.3 Å². The number of furan rings is 1. The molecule has 0 aliphatic heterocycles. The second-order valence-corrected chi connectivity index (χ2v) is 6.24. The number of rotatable bonds is 7. The molecule has 0 aliphatic rings. The number of ether oxygens (including phenoxy) is 1. The van der Waals surface area contributed by atoms with Gasteiger partial charge in [-0.05, 0) is 30.7 Å². The Balaban J connectivity index is 1.82. The highest BCUT2D eigenvalue weighted by molar-refractivity contribution is 7.12. The summed E-state index contributed by atoms with van der Waals surface area (Å²) in [7, 11) is 0. The second-order valence-electron chi connectivity index (χ2n) is 4.90. The first kappa shape index (κ1) is 14.3. The van der Waals surface area contributed by atoms with Crippen LogP contribution in [0.4, 0.5) is 0 Å². The van der Waals surface area contributed by atoms with Crippen LogP contribution in [0, 0.1) is 6.92 Å². The van der Waals surface area contributed by atoms with Crippen molar-refractivity contribution >= 4 is 11.3 Å². The van der Waals surface area contributed by atoms with Crippen molar-refractivity contribution in [1.82, 2.24) is 5.32 Å². The van der Waals surface area contributed by atoms with E-state index in [1.807, 2.05) is 23.5 Å². The molecule has 0 amide bonds. The maximum absolute atomic E-state index is 5.68. The highest BCUT2D eigenvalue weighted by atomic mass is 32.1. The van der Waals surface area contributed by atoms with Crippen LogP contribution in [0.5, 0.6) is 0 Å². The number of thiophene rings is 1. The van der Waals surface area contributed by atoms with Crippen molar-refractivity contribution in [3.05, 3.63) is 45.5 Å². The summed E-state index contributed by atoms with van der Waals surface area (Å²) < 4.78 is 10.9. The van der Waals surface area contributed by atoms with Gasteiger partial charge in [-0.25, -0.2) is 0 Å². The van der Waals surface area contributed by atoms with Crippen LogP contribution in [0.15, 0.2) is 28.9 Å². The van der Waals surface area contributed by atoms with Crippen LogP contribution in [-0.2, 0) is 24.5 Å². The molecule has 0 radical (unpaired) electrons. The van der Waals surface area contributed by atoms with Crippen molar-refractivity contribution in [1.29, 1.82) is 0 Å². The lowest BCUT2D eigenvalue weighted by atomic mass is 10.2. The summed E-state index contributed by atoms with van der Waals surface area (Å²) in [4.78, 5) is 2.70. The van der Waals surface area contributed by atoms with Crippen molar-refractivity contribution < 1.29 is 9.15 Å². The highest BCUT2D eigenvalue weighted by Crippen LogP contribution is 2.22. The van der Waals surface area contributed by atoms with Crippen molar-refractivity contribution in [2.75, 3.05) is 0 Å². The van der Waals surface area contributed by atoms with Crippen molar-refractivity contribution in [2.45, 2.75) is 46.6 Å². The van der Waals surface area contributed by atoms with Crippen LogP contribution < -0.4 is 5.32 Å². The average molecular weight is 279 g/mol. The minimum Gasteiger partial charge on any atom is -0.467 e. The molecule has 0 aromatic carbocycles. The summed E-state index contributed by atoms with van der Waals surface area (Å²) in [5, 5.41) is 3.44. The molecule has 2 aromatic heterocycles. The van der Waals surface area contributed by atoms with Gasteiger partial charge in [0.05, 0.1) is 12.9 Å². The van der Waals surface area contributed by atoms with Gasteiger partial charge < -0.3 is 14.5 Å². The predicted octanol–water partition coefficient (Wildman–Crippen LogP) is 3.86. The van der Waals surface area contributed by atoms with E-state index >= 15 is 0 Å². The lowest BCUT2D eigenvalue weighted by Crippen LogP contribution is -2.21. The van der Waals surface area contributed by atoms with Crippen LogP contribution in [-0.4, -0.2) is 6.04 Å². The van der Waals surface area contributed by atoms with E-state index in [4.69, 9.17) is 9.15 Å². The van der Waals surface area contributed by atoms with Gasteiger partial charge in [-0.3, -0.25) is 0 Å². The molecule has 19 heavy (non-hydrogen) atoms. The molecule has 0 atom stereocenters. The first-order valence-corrected chi connectivity index (χ1v) is 7.38. The fourth-order valence-corrected chi connectivity index (χ4v) is 2.78. The van der Waals surface area contributed by atoms with Crippen LogP contribution in [0.1, 0.15) is 34.9 Å². The predicted molar refractivity (Wildman–Crippen MR) is 78.2 cm³/mol. The number of nitrogens with one attached hydrogen (secondary N) is 1. The van der Waals surface area contributed by atoms with E-state index in [2.05, 4.69) is 32.2 Å². The Morgan fingerprint density at radius 2 is 2.21 bits per heavy atom. The summed E-state index contributed by atoms with van der Waals surface area (Å²) in [5.41, 5.74) is 1.28. The van der Waals surface area contributed by atoms with E-state index in [0.717, 1.165) is 12.3 Å². The molecule has 0 fully saturated rings. The molecule has 0 saturated carbocycles. The van der Waals surface area contributed by atoms with Crippen molar-refractivity contribution in [3.63, 3.8) is 0 Å². The quantitative estimate of drug-likeness (QED) is 0.835. The molecular weight excluding hydrogens is 258 g/mol. The minimum absolute atomic E-state index is 0.515. The van der Waals surface area contributed by atoms with Gasteiger partial charge >= 0.3 is 0 Å². The van der Waals surface area contributed by atoms with Gasteiger partial charge in [0.1, 0.15) is 12.4 Å². The monoisotopic (exact) mass is 279 g/mol. The Kier molecular flexibility index (Phi) is 5.19. The third kappa shape index (κ3) is 4.49. The molecule has 2 rings (SSSR count). The standard InChI is InChI=1S/C15H21NO2S/c1-11(2)16-8-15-7-13(12(3)19-15)9-17-10-14-5-4-6-18-14/h4-7,11,16H,8-10H2,1-3H3. The molecule has 0 unspecified atom stereocenters. The van der Waals surface area contributed by atoms with Crippen LogP contribution in [0.25, 0.3) is 0 Å². The fraction of sp³-hybridized carbons (Fsp3) is 0.467. The summed E-state index contributed by atoms with van der Waals surface area (Å²) in [5.74, 6) is 0.870. The van der Waals surface area contributed by atoms with Gasteiger partial charge in [-0.1, -0.05) is 13.8 Å². The largest absolute Gasteiger partial charge is 0.467 e. The zero-order valence-electron chi connectivity index (χ0n) is 11.7. The van der Waals surface area contributed by atoms with E-state index in [1.54, 1.807) is 6.26 Å². The van der Waals surface area contributed by atoms with E-state index in [0.29, 0.717) is 19.3 Å². The van der Waals surface area contributed by atoms with Gasteiger partial charge in [0.25, 0.3) is 0 Å². The molecule has 0 bridgehead atoms. The Morgan fingerprint density at radius 3 is 2.89 bits per heavy atom. The summed E-state index contributed by atoms with van der Waals surface area (Å²) in [6.07, 6.45) is 1.67. The molecule has 104 valence electrons. The fourth-order valence-electron chi connectivity index (χ4n) is 1.78. The first-order valence-electron chi connectivity index (χ1n) is 6.57. The van der Waals surface area contributed by atoms with Crippen LogP contribution in [0.3, 0.4) is 0 Å². The molecule has 2 heterocycles. The lowest BCUT2D eigenvalue weighted by molar-refractivity contribution is 0.0928. The second kappa shape index (κ2) is 6.89. The molecule has 0 spiro atoms. The number of aryl methyl sites for hydroxylation is 1. The number of hydrogen-bond donors (Lipinski definition) is 1. The zero-order chi connectivity index (χ0) is 13.7. The number of hydrogen-bond acceptors (Lipinski definition) is 4. The molecule has 0 saturated heterocycles. The van der Waals surface area contributed by atoms with Crippen molar-refractivity contribution in [2.24, 2.45) is 0 Å². The first-order chi connectivity index (χ1) is 9.15. The topological polar surface area (TPSA) is 34.4 Å². The minimum atomic E-state index is 0.515. The average Bonchev–Trinajstić information content (AvgIpc) is 2.98. The van der Waals surface area contributed by atoms with Crippen LogP contribution in [0.2, 0.25) is 0 Å². The smallest absolute Gasteiger partial charge is 0.129 e. The van der Waals surface area contributed by atoms with E-state index in [1.165, 1.54) is 15.3 Å². The molecule has 0 aliphatic carbocycles. The Labute approximate surface area is 118 Å². The normalized spacial score (nSPS) is 11.4. The summed E-state index contributed by atoms with van der Waals surface area (Å²) in [6.45, 7) is 8.57. The molecule has 2 aromatic rings. The third-order valence-corrected chi connectivity index (χ3v) is 3.93. The molecule has 3 nitrogen and oxygen atoms in total. The van der Waals surface area contributed by atoms with Gasteiger partial charge in [0.2, 0.25) is 0 Å². The van der Waals surface area contributed by atoms with Gasteiger partial charge in [0.15, 0.2) is 0 Å². The highest BCUT2D eigenvalue weighted by Gasteiger charge is 2.06. The Bertz CT molecular complexity index is 488. The zero-order valence-corrected chi connectivity index (χ0v) is 12.5. The Morgan fingerprint density at radius 1 is 1.37 bits per heavy atom. The van der Waals surface area contributed by atoms with E-state index < -0.39 is 0 Å². The van der Waals surface area contributed by atoms with Crippen molar-refractivity contribution in [3.8, 4) is 0 Å². The van der Waals surface area contributed by atoms with E-state index in [-0.39, 0.29) is 0 Å².